The number of ether oxygens (including phenoxy) is 2. The molecular formula is C18H22O3. The Bertz CT molecular complexity index is 578. The van der Waals surface area contributed by atoms with Crippen LogP contribution in [0, 0.1) is 13.8 Å². The average Bonchev–Trinajstić information content (AvgIpc) is 2.51. The highest BCUT2D eigenvalue weighted by atomic mass is 16.5. The fourth-order valence-electron chi connectivity index (χ4n) is 2.01. The van der Waals surface area contributed by atoms with E-state index in [2.05, 4.69) is 26.0 Å². The second-order valence-electron chi connectivity index (χ2n) is 5.06. The Morgan fingerprint density at radius 3 is 2.43 bits per heavy atom. The summed E-state index contributed by atoms with van der Waals surface area (Å²) in [6.07, 6.45) is 0.798. The van der Waals surface area contributed by atoms with Gasteiger partial charge in [-0.1, -0.05) is 24.3 Å². The molecule has 3 heteroatoms. The maximum Gasteiger partial charge on any atom is 0.124 e. The predicted molar refractivity (Wildman–Crippen MR) is 83.9 cm³/mol. The lowest BCUT2D eigenvalue weighted by molar-refractivity contribution is 0.236. The summed E-state index contributed by atoms with van der Waals surface area (Å²) in [7, 11) is 0. The number of aliphatic hydroxyl groups is 1. The van der Waals surface area contributed by atoms with Gasteiger partial charge in [-0.2, -0.15) is 0 Å². The average molecular weight is 286 g/mol. The number of aliphatic hydroxyl groups excluding tert-OH is 1. The van der Waals surface area contributed by atoms with E-state index in [1.165, 1.54) is 11.1 Å². The maximum absolute atomic E-state index is 9.21. The zero-order valence-electron chi connectivity index (χ0n) is 12.6. The molecule has 0 fully saturated rings. The van der Waals surface area contributed by atoms with E-state index < -0.39 is 0 Å². The van der Waals surface area contributed by atoms with Crippen molar-refractivity contribution in [3.63, 3.8) is 0 Å². The van der Waals surface area contributed by atoms with E-state index in [0.717, 1.165) is 23.5 Å². The maximum atomic E-state index is 9.21. The minimum absolute atomic E-state index is 0.00465. The molecule has 0 bridgehead atoms. The van der Waals surface area contributed by atoms with Crippen LogP contribution in [0.2, 0.25) is 0 Å². The van der Waals surface area contributed by atoms with Gasteiger partial charge < -0.3 is 14.6 Å². The molecule has 3 nitrogen and oxygen atoms in total. The van der Waals surface area contributed by atoms with Crippen LogP contribution in [0.15, 0.2) is 42.5 Å². The van der Waals surface area contributed by atoms with E-state index in [0.29, 0.717) is 13.2 Å². The quantitative estimate of drug-likeness (QED) is 0.790. The van der Waals surface area contributed by atoms with Crippen LogP contribution < -0.4 is 9.47 Å². The summed E-state index contributed by atoms with van der Waals surface area (Å²) in [6, 6.07) is 13.6. The van der Waals surface area contributed by atoms with E-state index in [4.69, 9.17) is 9.47 Å². The monoisotopic (exact) mass is 286 g/mol. The number of hydrogen-bond donors (Lipinski definition) is 1. The van der Waals surface area contributed by atoms with E-state index in [-0.39, 0.29) is 6.61 Å². The van der Waals surface area contributed by atoms with E-state index in [1.807, 2.05) is 30.3 Å². The topological polar surface area (TPSA) is 38.7 Å². The van der Waals surface area contributed by atoms with Crippen molar-refractivity contribution in [3.05, 3.63) is 59.2 Å². The molecule has 0 saturated heterocycles. The minimum atomic E-state index is -0.00465. The Kier molecular flexibility index (Phi) is 5.64. The summed E-state index contributed by atoms with van der Waals surface area (Å²) < 4.78 is 11.4. The number of rotatable bonds is 7. The molecule has 0 spiro atoms. The number of benzene rings is 2. The second-order valence-corrected chi connectivity index (χ2v) is 5.06. The highest BCUT2D eigenvalue weighted by Gasteiger charge is 2.01. The zero-order chi connectivity index (χ0) is 15.1. The first-order valence-corrected chi connectivity index (χ1v) is 7.22. The summed E-state index contributed by atoms with van der Waals surface area (Å²) in [5.41, 5.74) is 3.32. The normalized spacial score (nSPS) is 10.4. The van der Waals surface area contributed by atoms with Gasteiger partial charge in [0.2, 0.25) is 0 Å². The summed E-state index contributed by atoms with van der Waals surface area (Å²) in [5, 5.41) is 9.21. The molecule has 0 aliphatic carbocycles. The van der Waals surface area contributed by atoms with Gasteiger partial charge >= 0.3 is 0 Å². The first kappa shape index (κ1) is 15.4. The standard InChI is InChI=1S/C18H22O3/c1-14-8-9-17(12-15(14)2)20-10-5-11-21-18-7-4-3-6-16(18)13-19/h3-4,6-9,12,19H,5,10-11,13H2,1-2H3. The predicted octanol–water partition coefficient (Wildman–Crippen LogP) is 3.64. The van der Waals surface area contributed by atoms with Crippen LogP contribution in [0.3, 0.4) is 0 Å². The van der Waals surface area contributed by atoms with Crippen molar-refractivity contribution in [1.29, 1.82) is 0 Å². The van der Waals surface area contributed by atoms with Crippen molar-refractivity contribution in [2.75, 3.05) is 13.2 Å². The molecule has 0 radical (unpaired) electrons. The SMILES string of the molecule is Cc1ccc(OCCCOc2ccccc2CO)cc1C. The van der Waals surface area contributed by atoms with E-state index in [1.54, 1.807) is 0 Å². The summed E-state index contributed by atoms with van der Waals surface area (Å²) in [4.78, 5) is 0. The van der Waals surface area contributed by atoms with Gasteiger partial charge in [0.15, 0.2) is 0 Å². The Hall–Kier alpha value is -2.00. The Balaban J connectivity index is 1.73. The lowest BCUT2D eigenvalue weighted by Gasteiger charge is -2.11. The Morgan fingerprint density at radius 2 is 1.67 bits per heavy atom. The molecule has 2 aromatic carbocycles. The molecule has 0 atom stereocenters. The zero-order valence-corrected chi connectivity index (χ0v) is 12.6. The fraction of sp³-hybridized carbons (Fsp3) is 0.333. The molecule has 0 saturated carbocycles. The number of hydrogen-bond acceptors (Lipinski definition) is 3. The Labute approximate surface area is 126 Å². The molecule has 0 unspecified atom stereocenters. The van der Waals surface area contributed by atoms with Crippen LogP contribution in [-0.2, 0) is 6.61 Å². The van der Waals surface area contributed by atoms with Crippen molar-refractivity contribution >= 4 is 0 Å². The molecule has 0 aliphatic rings. The van der Waals surface area contributed by atoms with Crippen LogP contribution in [0.4, 0.5) is 0 Å². The summed E-state index contributed by atoms with van der Waals surface area (Å²) in [5.74, 6) is 1.64. The van der Waals surface area contributed by atoms with Crippen LogP contribution in [0.5, 0.6) is 11.5 Å². The van der Waals surface area contributed by atoms with Gasteiger partial charge in [0.05, 0.1) is 19.8 Å². The third-order valence-electron chi connectivity index (χ3n) is 3.44. The number of aryl methyl sites for hydroxylation is 2. The van der Waals surface area contributed by atoms with Gasteiger partial charge in [-0.3, -0.25) is 0 Å². The van der Waals surface area contributed by atoms with Crippen molar-refractivity contribution < 1.29 is 14.6 Å². The number of para-hydroxylation sites is 1. The van der Waals surface area contributed by atoms with Gasteiger partial charge in [0.1, 0.15) is 11.5 Å². The molecule has 1 N–H and O–H groups in total. The third-order valence-corrected chi connectivity index (χ3v) is 3.44. The molecule has 2 rings (SSSR count). The molecular weight excluding hydrogens is 264 g/mol. The van der Waals surface area contributed by atoms with Crippen molar-refractivity contribution in [2.24, 2.45) is 0 Å². The largest absolute Gasteiger partial charge is 0.493 e. The van der Waals surface area contributed by atoms with Gasteiger partial charge in [0.25, 0.3) is 0 Å². The van der Waals surface area contributed by atoms with Crippen LogP contribution in [-0.4, -0.2) is 18.3 Å². The summed E-state index contributed by atoms with van der Waals surface area (Å²) >= 11 is 0. The Morgan fingerprint density at radius 1 is 0.905 bits per heavy atom. The molecule has 21 heavy (non-hydrogen) atoms. The smallest absolute Gasteiger partial charge is 0.124 e. The van der Waals surface area contributed by atoms with Crippen molar-refractivity contribution in [2.45, 2.75) is 26.9 Å². The molecule has 0 heterocycles. The van der Waals surface area contributed by atoms with E-state index >= 15 is 0 Å². The summed E-state index contributed by atoms with van der Waals surface area (Å²) in [6.45, 7) is 5.35. The van der Waals surface area contributed by atoms with Crippen LogP contribution in [0.25, 0.3) is 0 Å². The van der Waals surface area contributed by atoms with Gasteiger partial charge in [-0.05, 0) is 43.2 Å². The molecule has 0 amide bonds. The third kappa shape index (κ3) is 4.50. The molecule has 0 aromatic heterocycles. The first-order chi connectivity index (χ1) is 10.2. The molecule has 112 valence electrons. The van der Waals surface area contributed by atoms with Crippen molar-refractivity contribution in [1.82, 2.24) is 0 Å². The van der Waals surface area contributed by atoms with Crippen LogP contribution in [0.1, 0.15) is 23.1 Å². The lowest BCUT2D eigenvalue weighted by atomic mass is 10.1. The van der Waals surface area contributed by atoms with Gasteiger partial charge in [0, 0.05) is 12.0 Å². The lowest BCUT2D eigenvalue weighted by Crippen LogP contribution is -2.06. The van der Waals surface area contributed by atoms with E-state index in [9.17, 15) is 5.11 Å². The second kappa shape index (κ2) is 7.70. The minimum Gasteiger partial charge on any atom is -0.493 e. The molecule has 0 aliphatic heterocycles. The van der Waals surface area contributed by atoms with Gasteiger partial charge in [-0.25, -0.2) is 0 Å². The fourth-order valence-corrected chi connectivity index (χ4v) is 2.01. The highest BCUT2D eigenvalue weighted by molar-refractivity contribution is 5.34. The first-order valence-electron chi connectivity index (χ1n) is 7.22. The highest BCUT2D eigenvalue weighted by Crippen LogP contribution is 2.18. The van der Waals surface area contributed by atoms with Crippen LogP contribution >= 0.6 is 0 Å². The van der Waals surface area contributed by atoms with Gasteiger partial charge in [-0.15, -0.1) is 0 Å². The van der Waals surface area contributed by atoms with Crippen molar-refractivity contribution in [3.8, 4) is 11.5 Å². The molecule has 2 aromatic rings.